The van der Waals surface area contributed by atoms with Crippen LogP contribution >= 0.6 is 0 Å². The first-order chi connectivity index (χ1) is 22.0. The van der Waals surface area contributed by atoms with E-state index in [1.807, 2.05) is 63.2 Å². The first-order valence-corrected chi connectivity index (χ1v) is 15.9. The van der Waals surface area contributed by atoms with E-state index in [0.717, 1.165) is 49.2 Å². The highest BCUT2D eigenvalue weighted by Gasteiger charge is 2.39. The number of nitrogens with one attached hydrogen (secondary N) is 2. The molecule has 3 aliphatic rings. The van der Waals surface area contributed by atoms with Gasteiger partial charge in [-0.05, 0) is 51.3 Å². The van der Waals surface area contributed by atoms with Crippen LogP contribution in [0.1, 0.15) is 49.5 Å². The highest BCUT2D eigenvalue weighted by atomic mass is 16.6. The Morgan fingerprint density at radius 2 is 1.54 bits per heavy atom. The van der Waals surface area contributed by atoms with Crippen molar-refractivity contribution in [3.8, 4) is 0 Å². The number of hydrogen-bond acceptors (Lipinski definition) is 6. The standard InChI is InChI=1S/C35H37N5O6/c1-34(2,3)46-33(43)38-14-12-20(13-15-38)37-32(42)45-19-35(44)17-39-24-10-6-4-8-21(24)26-23-16-36-31(41)28(23)27-22-9-5-7-11-25(22)40(18-35)30(27)29(26)39/h4-11,20,44H,12-19H2,1-3H3,(H,36,41)(H,37,42). The van der Waals surface area contributed by atoms with Gasteiger partial charge in [0.15, 0.2) is 0 Å². The number of hydrogen-bond donors (Lipinski definition) is 3. The van der Waals surface area contributed by atoms with Gasteiger partial charge in [0.05, 0.1) is 29.7 Å². The Balaban J connectivity index is 1.11. The molecule has 0 radical (unpaired) electrons. The van der Waals surface area contributed by atoms with Gasteiger partial charge in [0, 0.05) is 58.3 Å². The second kappa shape index (κ2) is 10.1. The Kier molecular flexibility index (Phi) is 6.31. The maximum absolute atomic E-state index is 13.3. The lowest BCUT2D eigenvalue weighted by molar-refractivity contribution is -0.0430. The minimum Gasteiger partial charge on any atom is -0.446 e. The summed E-state index contributed by atoms with van der Waals surface area (Å²) in [5, 5.41) is 22.2. The third-order valence-electron chi connectivity index (χ3n) is 9.52. The van der Waals surface area contributed by atoms with E-state index < -0.39 is 17.3 Å². The smallest absolute Gasteiger partial charge is 0.410 e. The summed E-state index contributed by atoms with van der Waals surface area (Å²) in [5.41, 5.74) is 3.38. The van der Waals surface area contributed by atoms with E-state index in [9.17, 15) is 19.5 Å². The van der Waals surface area contributed by atoms with Crippen molar-refractivity contribution in [1.82, 2.24) is 24.7 Å². The van der Waals surface area contributed by atoms with Crippen molar-refractivity contribution in [2.45, 2.75) is 70.5 Å². The van der Waals surface area contributed by atoms with Crippen LogP contribution in [-0.2, 0) is 29.1 Å². The molecule has 5 heterocycles. The van der Waals surface area contributed by atoms with E-state index in [1.54, 1.807) is 4.90 Å². The summed E-state index contributed by atoms with van der Waals surface area (Å²) in [7, 11) is 0. The number of aromatic nitrogens is 2. The SMILES string of the molecule is CC(C)(C)OC(=O)N1CCC(NC(=O)OCC2(O)Cn3c4ccccc4c4c5c(c6c7ccccc7n(c6c43)C2)C(=O)NC5)CC1. The van der Waals surface area contributed by atoms with Gasteiger partial charge in [0.2, 0.25) is 0 Å². The minimum atomic E-state index is -1.45. The van der Waals surface area contributed by atoms with Crippen LogP contribution in [0.2, 0.25) is 0 Å². The van der Waals surface area contributed by atoms with Crippen LogP contribution in [0.3, 0.4) is 0 Å². The quantitative estimate of drug-likeness (QED) is 0.259. The van der Waals surface area contributed by atoms with E-state index in [1.165, 1.54) is 0 Å². The average Bonchev–Trinajstić information content (AvgIpc) is 3.62. The van der Waals surface area contributed by atoms with Crippen molar-refractivity contribution in [3.05, 3.63) is 59.7 Å². The predicted molar refractivity (Wildman–Crippen MR) is 174 cm³/mol. The highest BCUT2D eigenvalue weighted by Crippen LogP contribution is 2.46. The Hall–Kier alpha value is -4.77. The number of likely N-dealkylation sites (tertiary alicyclic amines) is 1. The number of fused-ring (bicyclic) bond motifs is 9. The fraction of sp³-hybridized carbons (Fsp3) is 0.400. The topological polar surface area (TPSA) is 127 Å². The Morgan fingerprint density at radius 3 is 2.17 bits per heavy atom. The molecule has 46 heavy (non-hydrogen) atoms. The van der Waals surface area contributed by atoms with Crippen LogP contribution in [0.15, 0.2) is 48.5 Å². The molecule has 0 bridgehead atoms. The maximum Gasteiger partial charge on any atom is 0.410 e. The molecule has 3 aromatic carbocycles. The largest absolute Gasteiger partial charge is 0.446 e. The number of ether oxygens (including phenoxy) is 2. The van der Waals surface area contributed by atoms with Crippen molar-refractivity contribution >= 4 is 61.7 Å². The summed E-state index contributed by atoms with van der Waals surface area (Å²) in [5.74, 6) is -0.0897. The van der Waals surface area contributed by atoms with Gasteiger partial charge < -0.3 is 39.2 Å². The van der Waals surface area contributed by atoms with Crippen molar-refractivity contribution < 1.29 is 29.0 Å². The summed E-state index contributed by atoms with van der Waals surface area (Å²) in [4.78, 5) is 40.5. The van der Waals surface area contributed by atoms with E-state index in [2.05, 4.69) is 25.8 Å². The number of alkyl carbamates (subject to hydrolysis) is 1. The fourth-order valence-electron chi connectivity index (χ4n) is 7.62. The monoisotopic (exact) mass is 623 g/mol. The Labute approximate surface area is 265 Å². The fourth-order valence-corrected chi connectivity index (χ4v) is 7.62. The van der Waals surface area contributed by atoms with E-state index >= 15 is 0 Å². The molecule has 5 aromatic rings. The number of para-hydroxylation sites is 2. The van der Waals surface area contributed by atoms with Crippen LogP contribution in [0.5, 0.6) is 0 Å². The third kappa shape index (κ3) is 4.47. The summed E-state index contributed by atoms with van der Waals surface area (Å²) < 4.78 is 15.5. The van der Waals surface area contributed by atoms with Crippen molar-refractivity contribution in [2.75, 3.05) is 19.7 Å². The Morgan fingerprint density at radius 1 is 0.957 bits per heavy atom. The van der Waals surface area contributed by atoms with E-state index in [-0.39, 0.29) is 37.7 Å². The maximum atomic E-state index is 13.3. The number of piperidine rings is 1. The van der Waals surface area contributed by atoms with Crippen LogP contribution in [-0.4, -0.2) is 74.2 Å². The molecular weight excluding hydrogens is 586 g/mol. The molecule has 0 spiro atoms. The molecule has 1 atom stereocenters. The average molecular weight is 624 g/mol. The second-order valence-electron chi connectivity index (χ2n) is 13.9. The normalized spacial score (nSPS) is 20.0. The molecule has 0 aliphatic carbocycles. The van der Waals surface area contributed by atoms with Gasteiger partial charge in [-0.15, -0.1) is 0 Å². The van der Waals surface area contributed by atoms with Gasteiger partial charge in [0.1, 0.15) is 17.8 Å². The lowest BCUT2D eigenvalue weighted by Gasteiger charge is -2.34. The predicted octanol–water partition coefficient (Wildman–Crippen LogP) is 5.02. The minimum absolute atomic E-state index is 0.0897. The van der Waals surface area contributed by atoms with Crippen LogP contribution in [0.25, 0.3) is 43.6 Å². The zero-order valence-corrected chi connectivity index (χ0v) is 26.2. The van der Waals surface area contributed by atoms with Crippen LogP contribution in [0, 0.1) is 0 Å². The molecule has 3 N–H and O–H groups in total. The van der Waals surface area contributed by atoms with Gasteiger partial charge in [0.25, 0.3) is 5.91 Å². The van der Waals surface area contributed by atoms with Crippen molar-refractivity contribution in [2.24, 2.45) is 0 Å². The van der Waals surface area contributed by atoms with Gasteiger partial charge in [-0.1, -0.05) is 36.4 Å². The number of aliphatic hydroxyl groups is 1. The number of rotatable bonds is 3. The summed E-state index contributed by atoms with van der Waals surface area (Å²) in [6, 6.07) is 15.9. The van der Waals surface area contributed by atoms with Crippen LogP contribution in [0.4, 0.5) is 9.59 Å². The van der Waals surface area contributed by atoms with Crippen molar-refractivity contribution in [3.63, 3.8) is 0 Å². The lowest BCUT2D eigenvalue weighted by Crippen LogP contribution is -2.49. The number of carbonyl (C=O) groups excluding carboxylic acids is 3. The molecule has 8 rings (SSSR count). The van der Waals surface area contributed by atoms with E-state index in [4.69, 9.17) is 9.47 Å². The zero-order chi connectivity index (χ0) is 32.0. The molecule has 1 saturated heterocycles. The molecule has 3 aliphatic heterocycles. The number of benzene rings is 3. The molecule has 0 saturated carbocycles. The zero-order valence-electron chi connectivity index (χ0n) is 26.2. The van der Waals surface area contributed by atoms with E-state index in [0.29, 0.717) is 38.0 Å². The first kappa shape index (κ1) is 28.7. The van der Waals surface area contributed by atoms with Gasteiger partial charge in [-0.2, -0.15) is 0 Å². The third-order valence-corrected chi connectivity index (χ3v) is 9.52. The van der Waals surface area contributed by atoms with Crippen LogP contribution < -0.4 is 10.6 Å². The van der Waals surface area contributed by atoms with Gasteiger partial charge in [-0.25, -0.2) is 9.59 Å². The van der Waals surface area contributed by atoms with Gasteiger partial charge in [-0.3, -0.25) is 4.79 Å². The van der Waals surface area contributed by atoms with Crippen molar-refractivity contribution in [1.29, 1.82) is 0 Å². The molecular formula is C35H37N5O6. The lowest BCUT2D eigenvalue weighted by atomic mass is 9.97. The highest BCUT2D eigenvalue weighted by molar-refractivity contribution is 6.30. The summed E-state index contributed by atoms with van der Waals surface area (Å²) in [6.07, 6.45) is 0.195. The number of amides is 3. The molecule has 11 nitrogen and oxygen atoms in total. The first-order valence-electron chi connectivity index (χ1n) is 15.9. The summed E-state index contributed by atoms with van der Waals surface area (Å²) in [6.45, 7) is 7.03. The molecule has 1 unspecified atom stereocenters. The summed E-state index contributed by atoms with van der Waals surface area (Å²) >= 11 is 0. The molecule has 3 amide bonds. The Bertz CT molecular complexity index is 2100. The second-order valence-corrected chi connectivity index (χ2v) is 13.9. The number of carbonyl (C=O) groups is 3. The van der Waals surface area contributed by atoms with Gasteiger partial charge >= 0.3 is 12.2 Å². The number of nitrogens with zero attached hydrogens (tertiary/aromatic N) is 3. The molecule has 238 valence electrons. The molecule has 11 heteroatoms. The molecule has 2 aromatic heterocycles. The molecule has 1 fully saturated rings.